The lowest BCUT2D eigenvalue weighted by molar-refractivity contribution is -0.0836. The first kappa shape index (κ1) is 16.0. The van der Waals surface area contributed by atoms with Crippen LogP contribution in [0.2, 0.25) is 0 Å². The quantitative estimate of drug-likeness (QED) is 0.873. The highest BCUT2D eigenvalue weighted by Crippen LogP contribution is 2.39. The Morgan fingerprint density at radius 1 is 1.23 bits per heavy atom. The lowest BCUT2D eigenvalue weighted by Crippen LogP contribution is -2.47. The second kappa shape index (κ2) is 7.58. The van der Waals surface area contributed by atoms with Crippen LogP contribution in [-0.2, 0) is 11.3 Å². The summed E-state index contributed by atoms with van der Waals surface area (Å²) in [5.41, 5.74) is 1.62. The SMILES string of the molecule is CN(CCNC1CCOC2(CCCC2)C1)Cc1ccccc1. The monoisotopic (exact) mass is 302 g/mol. The van der Waals surface area contributed by atoms with Gasteiger partial charge >= 0.3 is 0 Å². The third-order valence-corrected chi connectivity index (χ3v) is 5.23. The molecule has 3 heteroatoms. The highest BCUT2D eigenvalue weighted by atomic mass is 16.5. The normalized spacial score (nSPS) is 24.2. The molecule has 1 saturated heterocycles. The lowest BCUT2D eigenvalue weighted by atomic mass is 9.89. The van der Waals surface area contributed by atoms with E-state index in [1.54, 1.807) is 0 Å². The summed E-state index contributed by atoms with van der Waals surface area (Å²) in [4.78, 5) is 2.40. The van der Waals surface area contributed by atoms with Gasteiger partial charge in [0.1, 0.15) is 0 Å². The Balaban J connectivity index is 1.37. The van der Waals surface area contributed by atoms with Crippen LogP contribution in [0, 0.1) is 0 Å². The summed E-state index contributed by atoms with van der Waals surface area (Å²) < 4.78 is 6.11. The smallest absolute Gasteiger partial charge is 0.0697 e. The van der Waals surface area contributed by atoms with Gasteiger partial charge in [-0.1, -0.05) is 43.2 Å². The third-order valence-electron chi connectivity index (χ3n) is 5.23. The molecule has 122 valence electrons. The summed E-state index contributed by atoms with van der Waals surface area (Å²) in [7, 11) is 2.21. The topological polar surface area (TPSA) is 24.5 Å². The van der Waals surface area contributed by atoms with E-state index in [9.17, 15) is 0 Å². The molecule has 1 spiro atoms. The zero-order valence-corrected chi connectivity index (χ0v) is 13.9. The number of hydrogen-bond donors (Lipinski definition) is 1. The van der Waals surface area contributed by atoms with Crippen molar-refractivity contribution in [3.63, 3.8) is 0 Å². The second-order valence-electron chi connectivity index (χ2n) is 7.11. The molecule has 1 saturated carbocycles. The van der Waals surface area contributed by atoms with Crippen molar-refractivity contribution in [2.45, 2.75) is 56.7 Å². The molecular formula is C19H30N2O. The molecule has 3 rings (SSSR count). The second-order valence-corrected chi connectivity index (χ2v) is 7.11. The molecule has 1 aliphatic heterocycles. The standard InChI is InChI=1S/C19H30N2O/c1-21(16-17-7-3-2-4-8-17)13-12-20-18-9-14-22-19(15-18)10-5-6-11-19/h2-4,7-8,18,20H,5-6,9-16H2,1H3. The van der Waals surface area contributed by atoms with E-state index >= 15 is 0 Å². The van der Waals surface area contributed by atoms with Crippen LogP contribution in [0.5, 0.6) is 0 Å². The van der Waals surface area contributed by atoms with Gasteiger partial charge in [-0.15, -0.1) is 0 Å². The fourth-order valence-corrected chi connectivity index (χ4v) is 4.00. The van der Waals surface area contributed by atoms with E-state index in [0.717, 1.165) is 26.2 Å². The predicted molar refractivity (Wildman–Crippen MR) is 91.0 cm³/mol. The van der Waals surface area contributed by atoms with Gasteiger partial charge in [0, 0.05) is 32.3 Å². The van der Waals surface area contributed by atoms with Gasteiger partial charge in [0.2, 0.25) is 0 Å². The van der Waals surface area contributed by atoms with Crippen molar-refractivity contribution in [3.8, 4) is 0 Å². The number of ether oxygens (including phenoxy) is 1. The molecule has 0 aromatic heterocycles. The zero-order chi connectivity index (χ0) is 15.3. The van der Waals surface area contributed by atoms with Crippen molar-refractivity contribution in [1.82, 2.24) is 10.2 Å². The highest BCUT2D eigenvalue weighted by Gasteiger charge is 2.39. The largest absolute Gasteiger partial charge is 0.375 e. The van der Waals surface area contributed by atoms with Crippen molar-refractivity contribution in [2.75, 3.05) is 26.7 Å². The molecule has 3 nitrogen and oxygen atoms in total. The van der Waals surface area contributed by atoms with Gasteiger partial charge in [-0.3, -0.25) is 0 Å². The molecule has 0 amide bonds. The Kier molecular flexibility index (Phi) is 5.51. The molecule has 2 fully saturated rings. The van der Waals surface area contributed by atoms with E-state index < -0.39 is 0 Å². The summed E-state index contributed by atoms with van der Waals surface area (Å²) in [6.45, 7) is 4.14. The Hall–Kier alpha value is -0.900. The summed E-state index contributed by atoms with van der Waals surface area (Å²) in [6.07, 6.45) is 7.65. The number of benzene rings is 1. The van der Waals surface area contributed by atoms with Crippen LogP contribution < -0.4 is 5.32 Å². The first-order valence-corrected chi connectivity index (χ1v) is 8.86. The average Bonchev–Trinajstić information content (AvgIpc) is 2.96. The van der Waals surface area contributed by atoms with Gasteiger partial charge in [-0.25, -0.2) is 0 Å². The van der Waals surface area contributed by atoms with Crippen LogP contribution in [0.15, 0.2) is 30.3 Å². The predicted octanol–water partition coefficient (Wildman–Crippen LogP) is 3.20. The Morgan fingerprint density at radius 3 is 2.77 bits per heavy atom. The summed E-state index contributed by atoms with van der Waals surface area (Å²) in [5.74, 6) is 0. The number of hydrogen-bond acceptors (Lipinski definition) is 3. The van der Waals surface area contributed by atoms with E-state index in [0.29, 0.717) is 6.04 Å². The fraction of sp³-hybridized carbons (Fsp3) is 0.684. The van der Waals surface area contributed by atoms with Gasteiger partial charge in [0.15, 0.2) is 0 Å². The minimum atomic E-state index is 0.228. The maximum Gasteiger partial charge on any atom is 0.0697 e. The molecule has 1 aliphatic carbocycles. The number of nitrogens with zero attached hydrogens (tertiary/aromatic N) is 1. The number of likely N-dealkylation sites (N-methyl/N-ethyl adjacent to an activating group) is 1. The molecule has 1 aromatic rings. The van der Waals surface area contributed by atoms with Crippen molar-refractivity contribution < 1.29 is 4.74 Å². The minimum Gasteiger partial charge on any atom is -0.375 e. The molecule has 1 atom stereocenters. The van der Waals surface area contributed by atoms with Crippen LogP contribution in [0.1, 0.15) is 44.1 Å². The van der Waals surface area contributed by atoms with Crippen LogP contribution in [0.4, 0.5) is 0 Å². The maximum atomic E-state index is 6.11. The van der Waals surface area contributed by atoms with Crippen molar-refractivity contribution in [2.24, 2.45) is 0 Å². The molecule has 1 aromatic carbocycles. The molecule has 0 radical (unpaired) electrons. The molecule has 1 heterocycles. The van der Waals surface area contributed by atoms with Gasteiger partial charge in [-0.2, -0.15) is 0 Å². The van der Waals surface area contributed by atoms with E-state index in [4.69, 9.17) is 4.74 Å². The van der Waals surface area contributed by atoms with Crippen molar-refractivity contribution >= 4 is 0 Å². The lowest BCUT2D eigenvalue weighted by Gasteiger charge is -2.38. The molecule has 22 heavy (non-hydrogen) atoms. The zero-order valence-electron chi connectivity index (χ0n) is 13.9. The van der Waals surface area contributed by atoms with E-state index in [2.05, 4.69) is 47.6 Å². The average molecular weight is 302 g/mol. The van der Waals surface area contributed by atoms with Crippen LogP contribution in [0.3, 0.4) is 0 Å². The number of nitrogens with one attached hydrogen (secondary N) is 1. The summed E-state index contributed by atoms with van der Waals surface area (Å²) in [6, 6.07) is 11.4. The molecule has 2 aliphatic rings. The Bertz CT molecular complexity index is 442. The van der Waals surface area contributed by atoms with Gasteiger partial charge in [0.05, 0.1) is 5.60 Å². The molecular weight excluding hydrogens is 272 g/mol. The number of rotatable bonds is 6. The van der Waals surface area contributed by atoms with E-state index in [1.165, 1.54) is 44.1 Å². The fourth-order valence-electron chi connectivity index (χ4n) is 4.00. The van der Waals surface area contributed by atoms with E-state index in [-0.39, 0.29) is 5.60 Å². The van der Waals surface area contributed by atoms with Gasteiger partial charge < -0.3 is 15.0 Å². The van der Waals surface area contributed by atoms with Crippen LogP contribution in [-0.4, -0.2) is 43.3 Å². The molecule has 0 bridgehead atoms. The van der Waals surface area contributed by atoms with Crippen molar-refractivity contribution in [3.05, 3.63) is 35.9 Å². The van der Waals surface area contributed by atoms with Crippen LogP contribution in [0.25, 0.3) is 0 Å². The van der Waals surface area contributed by atoms with Crippen LogP contribution >= 0.6 is 0 Å². The molecule has 1 unspecified atom stereocenters. The van der Waals surface area contributed by atoms with E-state index in [1.807, 2.05) is 0 Å². The maximum absolute atomic E-state index is 6.11. The summed E-state index contributed by atoms with van der Waals surface area (Å²) in [5, 5.41) is 3.77. The third kappa shape index (κ3) is 4.31. The Labute approximate surface area is 135 Å². The van der Waals surface area contributed by atoms with Gasteiger partial charge in [-0.05, 0) is 38.3 Å². The first-order chi connectivity index (χ1) is 10.8. The first-order valence-electron chi connectivity index (χ1n) is 8.86. The van der Waals surface area contributed by atoms with Gasteiger partial charge in [0.25, 0.3) is 0 Å². The minimum absolute atomic E-state index is 0.228. The van der Waals surface area contributed by atoms with Crippen molar-refractivity contribution in [1.29, 1.82) is 0 Å². The Morgan fingerprint density at radius 2 is 2.00 bits per heavy atom. The molecule has 1 N–H and O–H groups in total. The highest BCUT2D eigenvalue weighted by molar-refractivity contribution is 5.14. The summed E-state index contributed by atoms with van der Waals surface area (Å²) >= 11 is 0.